The van der Waals surface area contributed by atoms with Crippen molar-refractivity contribution in [3.63, 3.8) is 0 Å². The first-order chi connectivity index (χ1) is 15.3. The summed E-state index contributed by atoms with van der Waals surface area (Å²) >= 11 is 0. The number of hydrogen-bond acceptors (Lipinski definition) is 4. The highest BCUT2D eigenvalue weighted by Gasteiger charge is 2.29. The van der Waals surface area contributed by atoms with Gasteiger partial charge >= 0.3 is 0 Å². The van der Waals surface area contributed by atoms with Gasteiger partial charge in [-0.25, -0.2) is 12.8 Å². The Morgan fingerprint density at radius 3 is 2.47 bits per heavy atom. The van der Waals surface area contributed by atoms with Crippen molar-refractivity contribution in [1.29, 1.82) is 0 Å². The normalized spacial score (nSPS) is 11.4. The highest BCUT2D eigenvalue weighted by molar-refractivity contribution is 7.89. The van der Waals surface area contributed by atoms with Gasteiger partial charge in [-0.15, -0.1) is 0 Å². The van der Waals surface area contributed by atoms with Crippen molar-refractivity contribution in [2.24, 2.45) is 0 Å². The largest absolute Gasteiger partial charge is 0.495 e. The molecule has 168 valence electrons. The second-order valence-corrected chi connectivity index (χ2v) is 9.19. The molecule has 0 radical (unpaired) electrons. The monoisotopic (exact) mass is 456 g/mol. The topological polar surface area (TPSA) is 75.7 Å². The number of amides is 1. The average Bonchev–Trinajstić information content (AvgIpc) is 2.77. The quantitative estimate of drug-likeness (QED) is 0.528. The number of anilines is 1. The molecule has 1 N–H and O–H groups in total. The lowest BCUT2D eigenvalue weighted by molar-refractivity contribution is -0.116. The number of rotatable bonds is 9. The Balaban J connectivity index is 1.89. The molecular weight excluding hydrogens is 431 g/mol. The molecule has 0 aliphatic heterocycles. The van der Waals surface area contributed by atoms with Gasteiger partial charge in [0.25, 0.3) is 0 Å². The summed E-state index contributed by atoms with van der Waals surface area (Å²) < 4.78 is 46.9. The first kappa shape index (κ1) is 23.4. The van der Waals surface area contributed by atoms with Crippen LogP contribution >= 0.6 is 0 Å². The van der Waals surface area contributed by atoms with Crippen LogP contribution in [0, 0.1) is 12.7 Å². The van der Waals surface area contributed by atoms with Gasteiger partial charge in [-0.1, -0.05) is 42.5 Å². The van der Waals surface area contributed by atoms with Crippen LogP contribution in [0.1, 0.15) is 11.1 Å². The number of ether oxygens (including phenoxy) is 1. The lowest BCUT2D eigenvalue weighted by Crippen LogP contribution is -2.39. The Morgan fingerprint density at radius 1 is 1.03 bits per heavy atom. The van der Waals surface area contributed by atoms with Gasteiger partial charge in [0.1, 0.15) is 16.5 Å². The standard InChI is InChI=1S/C24H25FN2O4S/c1-18-11-12-22(31-2)23(15-18)32(29,30)27(14-13-19-7-4-3-5-8-19)17-24(28)26-21-10-6-9-20(25)16-21/h3-12,15-16H,13-14,17H2,1-2H3,(H,26,28). The molecule has 0 heterocycles. The number of aryl methyl sites for hydroxylation is 1. The lowest BCUT2D eigenvalue weighted by atomic mass is 10.1. The fourth-order valence-corrected chi connectivity index (χ4v) is 4.87. The third kappa shape index (κ3) is 5.93. The van der Waals surface area contributed by atoms with Gasteiger partial charge in [-0.3, -0.25) is 4.79 Å². The van der Waals surface area contributed by atoms with Crippen molar-refractivity contribution in [3.05, 3.63) is 89.7 Å². The number of carbonyl (C=O) groups excluding carboxylic acids is 1. The molecule has 0 aliphatic carbocycles. The van der Waals surface area contributed by atoms with Crippen molar-refractivity contribution < 1.29 is 22.3 Å². The summed E-state index contributed by atoms with van der Waals surface area (Å²) in [5.41, 5.74) is 1.94. The maximum Gasteiger partial charge on any atom is 0.247 e. The van der Waals surface area contributed by atoms with E-state index >= 15 is 0 Å². The number of carbonyl (C=O) groups is 1. The Morgan fingerprint density at radius 2 is 1.78 bits per heavy atom. The van der Waals surface area contributed by atoms with Gasteiger partial charge < -0.3 is 10.1 Å². The van der Waals surface area contributed by atoms with Crippen molar-refractivity contribution in [1.82, 2.24) is 4.31 Å². The van der Waals surface area contributed by atoms with Crippen molar-refractivity contribution >= 4 is 21.6 Å². The summed E-state index contributed by atoms with van der Waals surface area (Å²) in [7, 11) is -2.66. The zero-order valence-corrected chi connectivity index (χ0v) is 18.7. The molecule has 0 atom stereocenters. The van der Waals surface area contributed by atoms with E-state index in [0.29, 0.717) is 6.42 Å². The van der Waals surface area contributed by atoms with E-state index in [4.69, 9.17) is 4.74 Å². The Labute approximate surface area is 187 Å². The molecule has 1 amide bonds. The Hall–Kier alpha value is -3.23. The zero-order valence-electron chi connectivity index (χ0n) is 17.9. The molecule has 0 aromatic heterocycles. The number of nitrogens with one attached hydrogen (secondary N) is 1. The summed E-state index contributed by atoms with van der Waals surface area (Å²) in [6.07, 6.45) is 0.418. The van der Waals surface area contributed by atoms with Gasteiger partial charge in [-0.05, 0) is 54.8 Å². The van der Waals surface area contributed by atoms with E-state index in [1.54, 1.807) is 19.1 Å². The van der Waals surface area contributed by atoms with Crippen LogP contribution in [0.2, 0.25) is 0 Å². The van der Waals surface area contributed by atoms with Crippen LogP contribution in [0.3, 0.4) is 0 Å². The molecule has 0 fully saturated rings. The van der Waals surface area contributed by atoms with E-state index in [1.165, 1.54) is 37.4 Å². The molecule has 0 aliphatic rings. The number of benzene rings is 3. The molecule has 0 unspecified atom stereocenters. The van der Waals surface area contributed by atoms with Gasteiger partial charge in [0.2, 0.25) is 15.9 Å². The fourth-order valence-electron chi connectivity index (χ4n) is 3.23. The number of halogens is 1. The number of hydrogen-bond donors (Lipinski definition) is 1. The number of nitrogens with zero attached hydrogens (tertiary/aromatic N) is 1. The molecule has 3 aromatic rings. The third-order valence-electron chi connectivity index (χ3n) is 4.86. The first-order valence-electron chi connectivity index (χ1n) is 10.0. The van der Waals surface area contributed by atoms with Gasteiger partial charge in [0.05, 0.1) is 13.7 Å². The number of sulfonamides is 1. The predicted molar refractivity (Wildman–Crippen MR) is 122 cm³/mol. The van der Waals surface area contributed by atoms with Crippen LogP contribution in [0.25, 0.3) is 0 Å². The molecule has 32 heavy (non-hydrogen) atoms. The molecule has 8 heteroatoms. The van der Waals surface area contributed by atoms with Crippen molar-refractivity contribution in [2.45, 2.75) is 18.2 Å². The summed E-state index contributed by atoms with van der Waals surface area (Å²) in [6.45, 7) is 1.44. The maximum absolute atomic E-state index is 13.5. The Kier molecular flexibility index (Phi) is 7.61. The molecule has 0 bridgehead atoms. The molecule has 0 saturated carbocycles. The first-order valence-corrected chi connectivity index (χ1v) is 11.5. The van der Waals surface area contributed by atoms with Crippen molar-refractivity contribution in [3.8, 4) is 5.75 Å². The van der Waals surface area contributed by atoms with Gasteiger partial charge in [0, 0.05) is 12.2 Å². The summed E-state index contributed by atoms with van der Waals surface area (Å²) in [5, 5.41) is 2.56. The maximum atomic E-state index is 13.5. The van der Waals surface area contributed by atoms with Gasteiger partial charge in [0.15, 0.2) is 0 Å². The van der Waals surface area contributed by atoms with Crippen LogP contribution in [0.5, 0.6) is 5.75 Å². The summed E-state index contributed by atoms with van der Waals surface area (Å²) in [6, 6.07) is 19.7. The van der Waals surface area contributed by atoms with E-state index in [1.807, 2.05) is 30.3 Å². The molecule has 0 spiro atoms. The molecule has 3 rings (SSSR count). The van der Waals surface area contributed by atoms with Crippen LogP contribution < -0.4 is 10.1 Å². The van der Waals surface area contributed by atoms with E-state index < -0.39 is 28.3 Å². The van der Waals surface area contributed by atoms with Crippen LogP contribution in [0.4, 0.5) is 10.1 Å². The minimum Gasteiger partial charge on any atom is -0.495 e. The van der Waals surface area contributed by atoms with E-state index in [-0.39, 0.29) is 22.9 Å². The van der Waals surface area contributed by atoms with E-state index in [2.05, 4.69) is 5.32 Å². The smallest absolute Gasteiger partial charge is 0.247 e. The molecule has 3 aromatic carbocycles. The number of methoxy groups -OCH3 is 1. The molecular formula is C24H25FN2O4S. The SMILES string of the molecule is COc1ccc(C)cc1S(=O)(=O)N(CCc1ccccc1)CC(=O)Nc1cccc(F)c1. The molecule has 0 saturated heterocycles. The van der Waals surface area contributed by atoms with E-state index in [9.17, 15) is 17.6 Å². The minimum absolute atomic E-state index is 0.00776. The van der Waals surface area contributed by atoms with Crippen LogP contribution in [-0.4, -0.2) is 38.8 Å². The third-order valence-corrected chi connectivity index (χ3v) is 6.72. The van der Waals surface area contributed by atoms with Crippen LogP contribution in [-0.2, 0) is 21.2 Å². The fraction of sp³-hybridized carbons (Fsp3) is 0.208. The predicted octanol–water partition coefficient (Wildman–Crippen LogP) is 4.01. The highest BCUT2D eigenvalue weighted by atomic mass is 32.2. The zero-order chi connectivity index (χ0) is 23.1. The van der Waals surface area contributed by atoms with Crippen molar-refractivity contribution in [2.75, 3.05) is 25.5 Å². The highest BCUT2D eigenvalue weighted by Crippen LogP contribution is 2.28. The molecule has 6 nitrogen and oxygen atoms in total. The summed E-state index contributed by atoms with van der Waals surface area (Å²) in [4.78, 5) is 12.7. The van der Waals surface area contributed by atoms with Gasteiger partial charge in [-0.2, -0.15) is 4.31 Å². The lowest BCUT2D eigenvalue weighted by Gasteiger charge is -2.23. The second kappa shape index (κ2) is 10.4. The average molecular weight is 457 g/mol. The summed E-state index contributed by atoms with van der Waals surface area (Å²) in [5.74, 6) is -0.870. The Bertz CT molecular complexity index is 1180. The second-order valence-electron chi connectivity index (χ2n) is 7.29. The van der Waals surface area contributed by atoms with Crippen LogP contribution in [0.15, 0.2) is 77.7 Å². The minimum atomic E-state index is -4.06. The van der Waals surface area contributed by atoms with E-state index in [0.717, 1.165) is 15.4 Å².